The van der Waals surface area contributed by atoms with E-state index in [4.69, 9.17) is 13.9 Å². The van der Waals surface area contributed by atoms with Gasteiger partial charge in [-0.05, 0) is 17.7 Å². The van der Waals surface area contributed by atoms with Gasteiger partial charge in [0.15, 0.2) is 12.0 Å². The standard InChI is InChI=1S/C21H19NO5/c23-20(22-8-10-25-11-9-22)14-26-16-6-7-17-19(12-16)27-13-18(21(17)24)15-4-2-1-3-5-15/h1-7,12-13H,8-11,14H2. The Morgan fingerprint density at radius 1 is 1.07 bits per heavy atom. The molecule has 0 N–H and O–H groups in total. The van der Waals surface area contributed by atoms with Gasteiger partial charge in [-0.2, -0.15) is 0 Å². The average molecular weight is 365 g/mol. The van der Waals surface area contributed by atoms with Crippen LogP contribution < -0.4 is 10.2 Å². The highest BCUT2D eigenvalue weighted by Gasteiger charge is 2.17. The molecule has 1 aromatic heterocycles. The molecular weight excluding hydrogens is 346 g/mol. The van der Waals surface area contributed by atoms with E-state index in [2.05, 4.69) is 0 Å². The second kappa shape index (κ2) is 7.63. The van der Waals surface area contributed by atoms with Crippen LogP contribution in [-0.2, 0) is 9.53 Å². The molecule has 0 radical (unpaired) electrons. The summed E-state index contributed by atoms with van der Waals surface area (Å²) in [6.45, 7) is 2.21. The lowest BCUT2D eigenvalue weighted by molar-refractivity contribution is -0.137. The first-order chi connectivity index (χ1) is 13.2. The highest BCUT2D eigenvalue weighted by molar-refractivity contribution is 5.83. The maximum absolute atomic E-state index is 12.7. The van der Waals surface area contributed by atoms with Crippen LogP contribution in [0.25, 0.3) is 22.1 Å². The number of amides is 1. The fourth-order valence-electron chi connectivity index (χ4n) is 3.06. The van der Waals surface area contributed by atoms with Crippen molar-refractivity contribution in [2.45, 2.75) is 0 Å². The molecule has 3 aromatic rings. The van der Waals surface area contributed by atoms with Crippen LogP contribution in [0, 0.1) is 0 Å². The third-order valence-electron chi connectivity index (χ3n) is 4.56. The number of carbonyl (C=O) groups excluding carboxylic acids is 1. The summed E-state index contributed by atoms with van der Waals surface area (Å²) in [7, 11) is 0. The topological polar surface area (TPSA) is 69.0 Å². The largest absolute Gasteiger partial charge is 0.484 e. The van der Waals surface area contributed by atoms with Crippen LogP contribution in [0.1, 0.15) is 0 Å². The zero-order chi connectivity index (χ0) is 18.6. The zero-order valence-electron chi connectivity index (χ0n) is 14.7. The Kier molecular flexibility index (Phi) is 4.89. The van der Waals surface area contributed by atoms with Gasteiger partial charge in [0.2, 0.25) is 0 Å². The van der Waals surface area contributed by atoms with E-state index >= 15 is 0 Å². The van der Waals surface area contributed by atoms with Gasteiger partial charge in [-0.3, -0.25) is 9.59 Å². The summed E-state index contributed by atoms with van der Waals surface area (Å²) >= 11 is 0. The van der Waals surface area contributed by atoms with Crippen LogP contribution in [0.4, 0.5) is 0 Å². The molecule has 0 atom stereocenters. The Morgan fingerprint density at radius 3 is 2.63 bits per heavy atom. The molecule has 6 nitrogen and oxygen atoms in total. The van der Waals surface area contributed by atoms with Gasteiger partial charge >= 0.3 is 0 Å². The Bertz CT molecular complexity index is 1010. The number of hydrogen-bond acceptors (Lipinski definition) is 5. The lowest BCUT2D eigenvalue weighted by Gasteiger charge is -2.26. The highest BCUT2D eigenvalue weighted by atomic mass is 16.5. The number of fused-ring (bicyclic) bond motifs is 1. The number of rotatable bonds is 4. The van der Waals surface area contributed by atoms with Gasteiger partial charge in [0.05, 0.1) is 24.2 Å². The van der Waals surface area contributed by atoms with Gasteiger partial charge in [-0.25, -0.2) is 0 Å². The fraction of sp³-hybridized carbons (Fsp3) is 0.238. The first kappa shape index (κ1) is 17.3. The van der Waals surface area contributed by atoms with E-state index in [0.29, 0.717) is 48.6 Å². The van der Waals surface area contributed by atoms with Crippen LogP contribution >= 0.6 is 0 Å². The minimum Gasteiger partial charge on any atom is -0.484 e. The first-order valence-corrected chi connectivity index (χ1v) is 8.82. The minimum atomic E-state index is -0.0987. The Hall–Kier alpha value is -3.12. The lowest BCUT2D eigenvalue weighted by Crippen LogP contribution is -2.42. The van der Waals surface area contributed by atoms with Crippen LogP contribution in [0.5, 0.6) is 5.75 Å². The van der Waals surface area contributed by atoms with Gasteiger partial charge in [0.1, 0.15) is 17.6 Å². The molecule has 0 bridgehead atoms. The molecule has 6 heteroatoms. The molecule has 1 saturated heterocycles. The second-order valence-corrected chi connectivity index (χ2v) is 6.28. The third kappa shape index (κ3) is 3.71. The Morgan fingerprint density at radius 2 is 1.85 bits per heavy atom. The minimum absolute atomic E-state index is 0.0577. The van der Waals surface area contributed by atoms with Gasteiger partial charge < -0.3 is 18.8 Å². The van der Waals surface area contributed by atoms with Crippen molar-refractivity contribution in [1.29, 1.82) is 0 Å². The Balaban J connectivity index is 1.53. The SMILES string of the molecule is O=C(COc1ccc2c(=O)c(-c3ccccc3)coc2c1)N1CCOCC1. The van der Waals surface area contributed by atoms with E-state index in [9.17, 15) is 9.59 Å². The van der Waals surface area contributed by atoms with Crippen molar-refractivity contribution >= 4 is 16.9 Å². The Labute approximate surface area is 155 Å². The predicted octanol–water partition coefficient (Wildman–Crippen LogP) is 2.70. The van der Waals surface area contributed by atoms with E-state index in [1.54, 1.807) is 23.1 Å². The summed E-state index contributed by atoms with van der Waals surface area (Å²) in [6, 6.07) is 14.4. The van der Waals surface area contributed by atoms with Crippen molar-refractivity contribution in [2.24, 2.45) is 0 Å². The lowest BCUT2D eigenvalue weighted by atomic mass is 10.1. The third-order valence-corrected chi connectivity index (χ3v) is 4.56. The van der Waals surface area contributed by atoms with Crippen LogP contribution in [0.2, 0.25) is 0 Å². The van der Waals surface area contributed by atoms with Crippen LogP contribution in [-0.4, -0.2) is 43.7 Å². The van der Waals surface area contributed by atoms with Crippen LogP contribution in [0.3, 0.4) is 0 Å². The number of morpholine rings is 1. The summed E-state index contributed by atoms with van der Waals surface area (Å²) in [5.41, 5.74) is 1.65. The summed E-state index contributed by atoms with van der Waals surface area (Å²) in [6.07, 6.45) is 1.46. The number of ether oxygens (including phenoxy) is 2. The van der Waals surface area contributed by atoms with Crippen molar-refractivity contribution in [3.8, 4) is 16.9 Å². The summed E-state index contributed by atoms with van der Waals surface area (Å²) in [4.78, 5) is 26.6. The van der Waals surface area contributed by atoms with E-state index in [0.717, 1.165) is 5.56 Å². The van der Waals surface area contributed by atoms with Crippen LogP contribution in [0.15, 0.2) is 64.0 Å². The molecule has 0 spiro atoms. The molecule has 1 fully saturated rings. The second-order valence-electron chi connectivity index (χ2n) is 6.28. The molecule has 0 aliphatic carbocycles. The van der Waals surface area contributed by atoms with Crippen molar-refractivity contribution in [1.82, 2.24) is 4.90 Å². The normalized spacial score (nSPS) is 14.3. The van der Waals surface area contributed by atoms with Crippen molar-refractivity contribution in [3.63, 3.8) is 0 Å². The molecule has 1 aliphatic rings. The molecule has 2 heterocycles. The quantitative estimate of drug-likeness (QED) is 0.711. The number of nitrogens with zero attached hydrogens (tertiary/aromatic N) is 1. The van der Waals surface area contributed by atoms with Gasteiger partial charge in [-0.15, -0.1) is 0 Å². The van der Waals surface area contributed by atoms with E-state index in [1.165, 1.54) is 6.26 Å². The first-order valence-electron chi connectivity index (χ1n) is 8.82. The molecule has 138 valence electrons. The van der Waals surface area contributed by atoms with Gasteiger partial charge in [0, 0.05) is 19.2 Å². The zero-order valence-corrected chi connectivity index (χ0v) is 14.7. The molecule has 27 heavy (non-hydrogen) atoms. The maximum Gasteiger partial charge on any atom is 0.260 e. The van der Waals surface area contributed by atoms with Gasteiger partial charge in [0.25, 0.3) is 5.91 Å². The van der Waals surface area contributed by atoms with E-state index < -0.39 is 0 Å². The molecule has 1 amide bonds. The van der Waals surface area contributed by atoms with Crippen molar-refractivity contribution in [2.75, 3.05) is 32.9 Å². The molecule has 4 rings (SSSR count). The number of benzene rings is 2. The molecule has 0 saturated carbocycles. The molecular formula is C21H19NO5. The predicted molar refractivity (Wildman–Crippen MR) is 101 cm³/mol. The van der Waals surface area contributed by atoms with Crippen molar-refractivity contribution in [3.05, 3.63) is 65.0 Å². The number of hydrogen-bond donors (Lipinski definition) is 0. The van der Waals surface area contributed by atoms with E-state index in [-0.39, 0.29) is 17.9 Å². The summed E-state index contributed by atoms with van der Waals surface area (Å²) in [5, 5.41) is 0.475. The average Bonchev–Trinajstić information content (AvgIpc) is 2.73. The molecule has 1 aliphatic heterocycles. The monoisotopic (exact) mass is 365 g/mol. The summed E-state index contributed by atoms with van der Waals surface area (Å²) in [5.74, 6) is 0.402. The van der Waals surface area contributed by atoms with Gasteiger partial charge in [-0.1, -0.05) is 30.3 Å². The highest BCUT2D eigenvalue weighted by Crippen LogP contribution is 2.23. The number of carbonyl (C=O) groups is 1. The maximum atomic E-state index is 12.7. The van der Waals surface area contributed by atoms with E-state index in [1.807, 2.05) is 30.3 Å². The molecule has 0 unspecified atom stereocenters. The van der Waals surface area contributed by atoms with Crippen molar-refractivity contribution < 1.29 is 18.7 Å². The summed E-state index contributed by atoms with van der Waals surface area (Å²) < 4.78 is 16.5. The molecule has 2 aromatic carbocycles. The smallest absolute Gasteiger partial charge is 0.260 e. The fourth-order valence-corrected chi connectivity index (χ4v) is 3.06.